The summed E-state index contributed by atoms with van der Waals surface area (Å²) < 4.78 is 30.5. The maximum atomic E-state index is 12.9. The minimum absolute atomic E-state index is 0.0138. The van der Waals surface area contributed by atoms with Crippen molar-refractivity contribution in [3.63, 3.8) is 0 Å². The third kappa shape index (κ3) is 5.05. The Morgan fingerprint density at radius 2 is 2.07 bits per heavy atom. The quantitative estimate of drug-likeness (QED) is 0.302. The third-order valence-corrected chi connectivity index (χ3v) is 5.88. The number of nitro groups is 1. The fourth-order valence-electron chi connectivity index (χ4n) is 3.93. The molecule has 160 valence electrons. The average molecular weight is 439 g/mol. The number of anilines is 1. The highest BCUT2D eigenvalue weighted by Crippen LogP contribution is 2.50. The van der Waals surface area contributed by atoms with Gasteiger partial charge in [0, 0.05) is 29.6 Å². The summed E-state index contributed by atoms with van der Waals surface area (Å²) in [4.78, 5) is 21.6. The van der Waals surface area contributed by atoms with E-state index in [0.29, 0.717) is 29.3 Å². The molecule has 9 heteroatoms. The monoisotopic (exact) mass is 438 g/mol. The maximum Gasteiger partial charge on any atom is 0.387 e. The van der Waals surface area contributed by atoms with E-state index in [1.807, 2.05) is 6.07 Å². The van der Waals surface area contributed by atoms with Crippen LogP contribution in [0.1, 0.15) is 24.5 Å². The lowest BCUT2D eigenvalue weighted by atomic mass is 9.99. The summed E-state index contributed by atoms with van der Waals surface area (Å²) in [6, 6.07) is 9.01. The van der Waals surface area contributed by atoms with E-state index >= 15 is 0 Å². The highest BCUT2D eigenvalue weighted by molar-refractivity contribution is 6.31. The van der Waals surface area contributed by atoms with Crippen LogP contribution in [0.3, 0.4) is 0 Å². The Labute approximate surface area is 177 Å². The number of carbonyl (C=O) groups excluding carboxylic acids is 1. The normalized spacial score (nSPS) is 20.1. The molecule has 0 bridgehead atoms. The minimum atomic E-state index is -3.00. The number of nitrogens with zero attached hydrogens (tertiary/aromatic N) is 1. The number of hydrogen-bond acceptors (Lipinski definition) is 5. The van der Waals surface area contributed by atoms with E-state index in [1.165, 1.54) is 24.3 Å². The molecule has 0 saturated heterocycles. The predicted molar refractivity (Wildman–Crippen MR) is 109 cm³/mol. The molecule has 0 radical (unpaired) electrons. The van der Waals surface area contributed by atoms with Gasteiger partial charge in [0.1, 0.15) is 17.7 Å². The first-order chi connectivity index (χ1) is 14.3. The fraction of sp³-hybridized carbons (Fsp3) is 0.381. The van der Waals surface area contributed by atoms with Crippen LogP contribution in [0.25, 0.3) is 0 Å². The molecule has 1 aliphatic rings. The second-order valence-electron chi connectivity index (χ2n) is 7.34. The van der Waals surface area contributed by atoms with E-state index < -0.39 is 11.5 Å². The SMILES string of the molecule is C[C@H]1[C@@H](CC=O)[C@H]1Cc1cccc(OC(F)F)c1CNc1cc(Cl)ccc1[N+](=O)[O-]. The maximum absolute atomic E-state index is 12.9. The van der Waals surface area contributed by atoms with Crippen LogP contribution in [0.15, 0.2) is 36.4 Å². The molecule has 6 nitrogen and oxygen atoms in total. The molecule has 0 aromatic heterocycles. The van der Waals surface area contributed by atoms with E-state index in [-0.39, 0.29) is 35.5 Å². The van der Waals surface area contributed by atoms with Crippen molar-refractivity contribution in [1.29, 1.82) is 0 Å². The molecule has 1 aliphatic carbocycles. The van der Waals surface area contributed by atoms with Gasteiger partial charge >= 0.3 is 6.61 Å². The van der Waals surface area contributed by atoms with E-state index in [4.69, 9.17) is 11.6 Å². The summed E-state index contributed by atoms with van der Waals surface area (Å²) in [5.41, 5.74) is 1.31. The van der Waals surface area contributed by atoms with Gasteiger partial charge in [0.15, 0.2) is 0 Å². The summed E-state index contributed by atoms with van der Waals surface area (Å²) >= 11 is 5.96. The third-order valence-electron chi connectivity index (χ3n) is 5.64. The molecular formula is C21H21ClF2N2O4. The number of aldehydes is 1. The molecule has 0 spiro atoms. The summed E-state index contributed by atoms with van der Waals surface area (Å²) in [6.45, 7) is -0.896. The molecule has 0 heterocycles. The number of rotatable bonds is 10. The molecule has 1 N–H and O–H groups in total. The topological polar surface area (TPSA) is 81.5 Å². The van der Waals surface area contributed by atoms with Crippen LogP contribution in [0.5, 0.6) is 5.75 Å². The standard InChI is InChI=1S/C21H21ClF2N2O4/c1-12-15(7-8-27)16(12)9-13-3-2-4-20(30-21(23)24)17(13)11-25-18-10-14(22)5-6-19(18)26(28)29/h2-6,8,10,12,15-16,21,25H,7,9,11H2,1H3/t12-,15+,16-/m0/s1. The van der Waals surface area contributed by atoms with Crippen molar-refractivity contribution >= 4 is 29.3 Å². The molecule has 2 aromatic rings. The molecule has 30 heavy (non-hydrogen) atoms. The van der Waals surface area contributed by atoms with Crippen LogP contribution >= 0.6 is 11.6 Å². The number of benzene rings is 2. The molecule has 2 aromatic carbocycles. The summed E-state index contributed by atoms with van der Waals surface area (Å²) in [5, 5.41) is 14.5. The summed E-state index contributed by atoms with van der Waals surface area (Å²) in [6.07, 6.45) is 1.98. The van der Waals surface area contributed by atoms with E-state index in [9.17, 15) is 23.7 Å². The zero-order valence-corrected chi connectivity index (χ0v) is 16.9. The van der Waals surface area contributed by atoms with Crippen LogP contribution < -0.4 is 10.1 Å². The number of carbonyl (C=O) groups is 1. The smallest absolute Gasteiger partial charge is 0.387 e. The van der Waals surface area contributed by atoms with E-state index in [2.05, 4.69) is 17.0 Å². The Bertz CT molecular complexity index is 941. The first-order valence-corrected chi connectivity index (χ1v) is 9.86. The lowest BCUT2D eigenvalue weighted by molar-refractivity contribution is -0.384. The van der Waals surface area contributed by atoms with Crippen molar-refractivity contribution in [2.75, 3.05) is 5.32 Å². The Morgan fingerprint density at radius 3 is 2.73 bits per heavy atom. The first-order valence-electron chi connectivity index (χ1n) is 9.48. The second-order valence-corrected chi connectivity index (χ2v) is 7.77. The van der Waals surface area contributed by atoms with Crippen molar-refractivity contribution in [3.8, 4) is 5.75 Å². The van der Waals surface area contributed by atoms with Gasteiger partial charge in [-0.05, 0) is 47.9 Å². The van der Waals surface area contributed by atoms with Gasteiger partial charge in [0.2, 0.25) is 0 Å². The average Bonchev–Trinajstić information content (AvgIpc) is 3.28. The largest absolute Gasteiger partial charge is 0.434 e. The number of ether oxygens (including phenoxy) is 1. The zero-order valence-electron chi connectivity index (χ0n) is 16.2. The number of nitrogens with one attached hydrogen (secondary N) is 1. The van der Waals surface area contributed by atoms with Crippen molar-refractivity contribution in [2.24, 2.45) is 17.8 Å². The van der Waals surface area contributed by atoms with Crippen molar-refractivity contribution in [1.82, 2.24) is 0 Å². The van der Waals surface area contributed by atoms with Gasteiger partial charge in [-0.15, -0.1) is 0 Å². The van der Waals surface area contributed by atoms with Gasteiger partial charge in [0.25, 0.3) is 5.69 Å². The molecule has 1 saturated carbocycles. The number of hydrogen-bond donors (Lipinski definition) is 1. The van der Waals surface area contributed by atoms with Crippen molar-refractivity contribution in [2.45, 2.75) is 32.9 Å². The highest BCUT2D eigenvalue weighted by Gasteiger charge is 2.45. The van der Waals surface area contributed by atoms with Gasteiger partial charge in [-0.25, -0.2) is 0 Å². The molecule has 0 aliphatic heterocycles. The highest BCUT2D eigenvalue weighted by atomic mass is 35.5. The Morgan fingerprint density at radius 1 is 1.30 bits per heavy atom. The molecule has 0 amide bonds. The lowest BCUT2D eigenvalue weighted by Crippen LogP contribution is -2.11. The van der Waals surface area contributed by atoms with Crippen molar-refractivity contribution in [3.05, 3.63) is 62.7 Å². The predicted octanol–water partition coefficient (Wildman–Crippen LogP) is 5.48. The minimum Gasteiger partial charge on any atom is -0.434 e. The van der Waals surface area contributed by atoms with Gasteiger partial charge < -0.3 is 14.8 Å². The Kier molecular flexibility index (Phi) is 6.87. The molecule has 3 atom stereocenters. The van der Waals surface area contributed by atoms with Gasteiger partial charge in [-0.1, -0.05) is 30.7 Å². The van der Waals surface area contributed by atoms with Crippen LogP contribution in [0, 0.1) is 27.9 Å². The first kappa shape index (κ1) is 22.0. The fourth-order valence-corrected chi connectivity index (χ4v) is 4.10. The van der Waals surface area contributed by atoms with Gasteiger partial charge in [0.05, 0.1) is 4.92 Å². The number of nitro benzene ring substituents is 1. The van der Waals surface area contributed by atoms with Gasteiger partial charge in [-0.2, -0.15) is 8.78 Å². The van der Waals surface area contributed by atoms with Crippen molar-refractivity contribution < 1.29 is 23.2 Å². The van der Waals surface area contributed by atoms with Crippen LogP contribution in [-0.4, -0.2) is 17.8 Å². The molecule has 1 fully saturated rings. The Balaban J connectivity index is 1.87. The number of halogens is 3. The second kappa shape index (κ2) is 9.38. The molecule has 3 rings (SSSR count). The number of alkyl halides is 2. The van der Waals surface area contributed by atoms with Crippen LogP contribution in [0.4, 0.5) is 20.2 Å². The van der Waals surface area contributed by atoms with E-state index in [0.717, 1.165) is 11.8 Å². The van der Waals surface area contributed by atoms with Gasteiger partial charge in [-0.3, -0.25) is 10.1 Å². The van der Waals surface area contributed by atoms with Crippen LogP contribution in [0.2, 0.25) is 5.02 Å². The molecule has 0 unspecified atom stereocenters. The van der Waals surface area contributed by atoms with E-state index in [1.54, 1.807) is 6.07 Å². The van der Waals surface area contributed by atoms with Crippen LogP contribution in [-0.2, 0) is 17.8 Å². The Hall–Kier alpha value is -2.74. The lowest BCUT2D eigenvalue weighted by Gasteiger charge is -2.17. The molecular weight excluding hydrogens is 418 g/mol. The zero-order chi connectivity index (χ0) is 21.8. The summed E-state index contributed by atoms with van der Waals surface area (Å²) in [7, 11) is 0. The summed E-state index contributed by atoms with van der Waals surface area (Å²) in [5.74, 6) is 0.929.